The zero-order valence-corrected chi connectivity index (χ0v) is 22.1. The topological polar surface area (TPSA) is 140 Å². The van der Waals surface area contributed by atoms with Crippen molar-refractivity contribution < 1.29 is 37.0 Å². The summed E-state index contributed by atoms with van der Waals surface area (Å²) in [6.07, 6.45) is 1.88. The maximum atomic E-state index is 15.0. The van der Waals surface area contributed by atoms with Gasteiger partial charge < -0.3 is 19.3 Å². The van der Waals surface area contributed by atoms with Crippen molar-refractivity contribution in [3.63, 3.8) is 0 Å². The number of carbonyl (C=O) groups excluding carboxylic acids is 3. The Balaban J connectivity index is 1.37. The van der Waals surface area contributed by atoms with Crippen LogP contribution in [0.15, 0.2) is 45.5 Å². The van der Waals surface area contributed by atoms with Crippen LogP contribution in [-0.2, 0) is 28.8 Å². The average molecular weight is 549 g/mol. The van der Waals surface area contributed by atoms with Gasteiger partial charge in [-0.15, -0.1) is 0 Å². The molecule has 204 valence electrons. The Morgan fingerprint density at radius 1 is 1.34 bits per heavy atom. The second-order valence-electron chi connectivity index (χ2n) is 9.62. The van der Waals surface area contributed by atoms with Crippen LogP contribution in [0.5, 0.6) is 0 Å². The van der Waals surface area contributed by atoms with E-state index in [0.29, 0.717) is 36.3 Å². The minimum atomic E-state index is -2.66. The Morgan fingerprint density at radius 3 is 2.76 bits per heavy atom. The fourth-order valence-electron chi connectivity index (χ4n) is 4.16. The number of rotatable bonds is 8. The summed E-state index contributed by atoms with van der Waals surface area (Å²) in [5.74, 6) is -0.979. The van der Waals surface area contributed by atoms with E-state index >= 15 is 4.39 Å². The van der Waals surface area contributed by atoms with Gasteiger partial charge in [0, 0.05) is 37.3 Å². The molecule has 2 aliphatic heterocycles. The number of allylic oxidation sites excluding steroid dienone is 1. The second kappa shape index (κ2) is 10.9. The van der Waals surface area contributed by atoms with Crippen LogP contribution in [0.1, 0.15) is 39.2 Å². The minimum absolute atomic E-state index is 0.0674. The number of ether oxygens (including phenoxy) is 2. The highest BCUT2D eigenvalue weighted by Crippen LogP contribution is 2.31. The van der Waals surface area contributed by atoms with E-state index in [1.54, 1.807) is 32.1 Å². The van der Waals surface area contributed by atoms with Gasteiger partial charge in [-0.2, -0.15) is 4.36 Å². The third-order valence-corrected chi connectivity index (χ3v) is 8.23. The first-order valence-corrected chi connectivity index (χ1v) is 13.9. The van der Waals surface area contributed by atoms with Gasteiger partial charge in [0.2, 0.25) is 6.10 Å². The minimum Gasteiger partial charge on any atom is -0.457 e. The van der Waals surface area contributed by atoms with Crippen LogP contribution in [0.3, 0.4) is 0 Å². The van der Waals surface area contributed by atoms with Gasteiger partial charge in [0.25, 0.3) is 5.91 Å². The molecule has 3 heterocycles. The van der Waals surface area contributed by atoms with Crippen molar-refractivity contribution in [3.8, 4) is 0 Å². The van der Waals surface area contributed by atoms with Crippen LogP contribution in [0.2, 0.25) is 0 Å². The van der Waals surface area contributed by atoms with Gasteiger partial charge in [0.1, 0.15) is 17.7 Å². The number of carbonyl (C=O) groups is 3. The molecule has 4 rings (SSSR count). The number of amides is 2. The summed E-state index contributed by atoms with van der Waals surface area (Å²) in [4.78, 5) is 37.6. The van der Waals surface area contributed by atoms with E-state index in [2.05, 4.69) is 14.8 Å². The number of hydrogen-bond donors (Lipinski definition) is 1. The predicted molar refractivity (Wildman–Crippen MR) is 137 cm³/mol. The van der Waals surface area contributed by atoms with Crippen molar-refractivity contribution in [3.05, 3.63) is 48.0 Å². The number of cyclic esters (lactones) is 1. The third kappa shape index (κ3) is 6.57. The summed E-state index contributed by atoms with van der Waals surface area (Å²) >= 11 is 0. The third-order valence-electron chi connectivity index (χ3n) is 6.11. The molecular weight excluding hydrogens is 519 g/mol. The Labute approximate surface area is 219 Å². The van der Waals surface area contributed by atoms with Crippen molar-refractivity contribution in [2.24, 2.45) is 4.36 Å². The number of nitrogens with one attached hydrogen (secondary N) is 1. The first-order valence-electron chi connectivity index (χ1n) is 12.0. The SMILES string of the molecule is CC(=O)N=S1(=O)CC=C(c2ccc(N3C[C@H](C(=O)OC(C)(C)CCNc4ccon4)OC3=O)cc2F)CC1. The lowest BCUT2D eigenvalue weighted by atomic mass is 10.0. The molecule has 1 saturated heterocycles. The van der Waals surface area contributed by atoms with Crippen LogP contribution in [0.4, 0.5) is 20.7 Å². The molecule has 2 amide bonds. The highest BCUT2D eigenvalue weighted by molar-refractivity contribution is 7.94. The zero-order chi connectivity index (χ0) is 27.5. The molecule has 2 aromatic rings. The van der Waals surface area contributed by atoms with Crippen molar-refractivity contribution in [2.75, 3.05) is 34.8 Å². The highest BCUT2D eigenvalue weighted by Gasteiger charge is 2.40. The fraction of sp³-hybridized carbons (Fsp3) is 0.440. The Morgan fingerprint density at radius 2 is 2.13 bits per heavy atom. The Hall–Kier alpha value is -3.74. The zero-order valence-electron chi connectivity index (χ0n) is 21.3. The van der Waals surface area contributed by atoms with E-state index in [1.165, 1.54) is 30.2 Å². The van der Waals surface area contributed by atoms with Crippen LogP contribution >= 0.6 is 0 Å². The van der Waals surface area contributed by atoms with Crippen LogP contribution < -0.4 is 10.2 Å². The molecule has 1 aromatic carbocycles. The largest absolute Gasteiger partial charge is 0.457 e. The van der Waals surface area contributed by atoms with E-state index in [0.717, 1.165) is 0 Å². The summed E-state index contributed by atoms with van der Waals surface area (Å²) in [5.41, 5.74) is 0.338. The van der Waals surface area contributed by atoms with Crippen LogP contribution in [-0.4, -0.2) is 63.6 Å². The summed E-state index contributed by atoms with van der Waals surface area (Å²) in [7, 11) is -2.66. The molecule has 0 saturated carbocycles. The smallest absolute Gasteiger partial charge is 0.415 e. The number of halogens is 1. The van der Waals surface area contributed by atoms with Crippen LogP contribution in [0.25, 0.3) is 5.57 Å². The van der Waals surface area contributed by atoms with Crippen molar-refractivity contribution in [1.29, 1.82) is 0 Å². The molecule has 2 atom stereocenters. The fourth-order valence-corrected chi connectivity index (χ4v) is 5.96. The first kappa shape index (κ1) is 27.3. The summed E-state index contributed by atoms with van der Waals surface area (Å²) in [6, 6.07) is 5.93. The second-order valence-corrected chi connectivity index (χ2v) is 12.1. The molecule has 1 N–H and O–H groups in total. The standard InChI is InChI=1S/C25H29FN4O7S/c1-16(31)29-38(34)12-7-17(8-13-38)19-5-4-18(14-20(19)26)30-15-21(36-24(30)33)23(32)37-25(2,3)9-10-27-22-6-11-35-28-22/h4-7,11,14,21H,8-10,12-13,15H2,1-3H3,(H,27,28)/t21-,38?/m1/s1. The molecule has 38 heavy (non-hydrogen) atoms. The molecule has 0 spiro atoms. The van der Waals surface area contributed by atoms with Crippen molar-refractivity contribution in [1.82, 2.24) is 5.16 Å². The number of benzene rings is 1. The van der Waals surface area contributed by atoms with Gasteiger partial charge in [-0.05, 0) is 44.0 Å². The number of aromatic nitrogens is 1. The van der Waals surface area contributed by atoms with E-state index in [1.807, 2.05) is 0 Å². The average Bonchev–Trinajstić information content (AvgIpc) is 3.48. The van der Waals surface area contributed by atoms with E-state index in [9.17, 15) is 18.6 Å². The lowest BCUT2D eigenvalue weighted by Crippen LogP contribution is -2.37. The molecule has 13 heteroatoms. The van der Waals surface area contributed by atoms with Gasteiger partial charge in [0.05, 0.1) is 27.7 Å². The number of anilines is 2. The summed E-state index contributed by atoms with van der Waals surface area (Å²) < 4.78 is 46.9. The summed E-state index contributed by atoms with van der Waals surface area (Å²) in [5, 5.41) is 6.79. The summed E-state index contributed by atoms with van der Waals surface area (Å²) in [6.45, 7) is 5.07. The van der Waals surface area contributed by atoms with Gasteiger partial charge in [-0.25, -0.2) is 18.2 Å². The van der Waals surface area contributed by atoms with Gasteiger partial charge >= 0.3 is 12.1 Å². The molecule has 0 bridgehead atoms. The lowest BCUT2D eigenvalue weighted by Gasteiger charge is -2.26. The molecule has 0 radical (unpaired) electrons. The highest BCUT2D eigenvalue weighted by atomic mass is 32.2. The first-order chi connectivity index (χ1) is 17.9. The van der Waals surface area contributed by atoms with Crippen LogP contribution in [0, 0.1) is 5.82 Å². The van der Waals surface area contributed by atoms with Gasteiger partial charge in [-0.1, -0.05) is 11.2 Å². The quantitative estimate of drug-likeness (QED) is 0.488. The van der Waals surface area contributed by atoms with Gasteiger partial charge in [-0.3, -0.25) is 9.69 Å². The van der Waals surface area contributed by atoms with Gasteiger partial charge in [0.15, 0.2) is 5.82 Å². The molecule has 0 aliphatic carbocycles. The van der Waals surface area contributed by atoms with E-state index < -0.39 is 45.2 Å². The Bertz CT molecular complexity index is 1380. The Kier molecular flexibility index (Phi) is 7.86. The number of hydrogen-bond acceptors (Lipinski definition) is 9. The molecule has 11 nitrogen and oxygen atoms in total. The maximum absolute atomic E-state index is 15.0. The molecular formula is C25H29FN4O7S. The molecule has 1 fully saturated rings. The molecule has 1 aromatic heterocycles. The predicted octanol–water partition coefficient (Wildman–Crippen LogP) is 3.76. The van der Waals surface area contributed by atoms with Crippen molar-refractivity contribution >= 4 is 44.8 Å². The maximum Gasteiger partial charge on any atom is 0.415 e. The number of nitrogens with zero attached hydrogens (tertiary/aromatic N) is 3. The monoisotopic (exact) mass is 548 g/mol. The normalized spacial score (nSPS) is 21.5. The molecule has 2 aliphatic rings. The van der Waals surface area contributed by atoms with Crippen molar-refractivity contribution in [2.45, 2.75) is 45.3 Å². The van der Waals surface area contributed by atoms with E-state index in [-0.39, 0.29) is 23.7 Å². The number of esters is 1. The van der Waals surface area contributed by atoms with E-state index in [4.69, 9.17) is 14.0 Å². The lowest BCUT2D eigenvalue weighted by molar-refractivity contribution is -0.164. The molecule has 1 unspecified atom stereocenters.